The van der Waals surface area contributed by atoms with E-state index in [0.29, 0.717) is 23.3 Å². The van der Waals surface area contributed by atoms with Gasteiger partial charge in [0.1, 0.15) is 12.1 Å². The molecule has 43 heavy (non-hydrogen) atoms. The van der Waals surface area contributed by atoms with Crippen molar-refractivity contribution < 1.29 is 33.8 Å². The molecule has 1 fully saturated rings. The molecular formula is C31H37N5O7. The number of allylic oxidation sites excluding steroid dienone is 2. The lowest BCUT2D eigenvalue weighted by molar-refractivity contribution is -0.128. The second kappa shape index (κ2) is 11.1. The largest absolute Gasteiger partial charge is 0.504 e. The number of amides is 2. The van der Waals surface area contributed by atoms with E-state index < -0.39 is 41.9 Å². The molecule has 2 bridgehead atoms. The number of phenols is 1. The maximum absolute atomic E-state index is 13.9. The number of benzene rings is 1. The Morgan fingerprint density at radius 3 is 2.47 bits per heavy atom. The lowest BCUT2D eigenvalue weighted by Crippen LogP contribution is -2.71. The molecule has 4 aliphatic rings. The van der Waals surface area contributed by atoms with Gasteiger partial charge in [-0.1, -0.05) is 6.07 Å². The predicted molar refractivity (Wildman–Crippen MR) is 154 cm³/mol. The van der Waals surface area contributed by atoms with E-state index >= 15 is 0 Å². The highest BCUT2D eigenvalue weighted by Gasteiger charge is 2.57. The number of phenolic OH excluding ortho intramolecular Hbond substituents is 1. The van der Waals surface area contributed by atoms with E-state index in [0.717, 1.165) is 11.1 Å². The monoisotopic (exact) mass is 591 g/mol. The zero-order valence-corrected chi connectivity index (χ0v) is 25.4. The molecule has 228 valence electrons. The van der Waals surface area contributed by atoms with Gasteiger partial charge in [-0.15, -0.1) is 0 Å². The van der Waals surface area contributed by atoms with Gasteiger partial charge in [0.25, 0.3) is 0 Å². The highest BCUT2D eigenvalue weighted by molar-refractivity contribution is 6.25. The summed E-state index contributed by atoms with van der Waals surface area (Å²) in [5, 5.41) is 27.5. The van der Waals surface area contributed by atoms with Crippen molar-refractivity contribution in [2.24, 2.45) is 0 Å². The number of fused-ring (bicyclic) bond motifs is 6. The minimum atomic E-state index is -0.851. The Balaban J connectivity index is 1.67. The minimum Gasteiger partial charge on any atom is -0.504 e. The quantitative estimate of drug-likeness (QED) is 0.407. The van der Waals surface area contributed by atoms with Crippen LogP contribution >= 0.6 is 0 Å². The Hall–Kier alpha value is -4.21. The Bertz CT molecular complexity index is 1540. The van der Waals surface area contributed by atoms with Crippen molar-refractivity contribution >= 4 is 23.4 Å². The van der Waals surface area contributed by atoms with Crippen LogP contribution in [-0.2, 0) is 30.3 Å². The van der Waals surface area contributed by atoms with Crippen LogP contribution in [-0.4, -0.2) is 96.3 Å². The number of carbonyl (C=O) groups is 4. The summed E-state index contributed by atoms with van der Waals surface area (Å²) in [7, 11) is 4.74. The lowest BCUT2D eigenvalue weighted by Gasteiger charge is -2.60. The van der Waals surface area contributed by atoms with Crippen LogP contribution in [0.3, 0.4) is 0 Å². The van der Waals surface area contributed by atoms with E-state index in [1.54, 1.807) is 13.8 Å². The van der Waals surface area contributed by atoms with Crippen LogP contribution in [0, 0.1) is 18.3 Å². The first-order valence-electron chi connectivity index (χ1n) is 14.3. The van der Waals surface area contributed by atoms with E-state index in [2.05, 4.69) is 21.6 Å². The number of aryl methyl sites for hydroxylation is 1. The van der Waals surface area contributed by atoms with E-state index in [9.17, 15) is 29.5 Å². The second-order valence-corrected chi connectivity index (χ2v) is 11.7. The fourth-order valence-electron chi connectivity index (χ4n) is 7.53. The maximum atomic E-state index is 13.9. The van der Waals surface area contributed by atoms with Crippen LogP contribution in [0.25, 0.3) is 0 Å². The van der Waals surface area contributed by atoms with Crippen LogP contribution in [0.5, 0.6) is 11.5 Å². The zero-order chi connectivity index (χ0) is 31.5. The number of nitriles is 1. The second-order valence-electron chi connectivity index (χ2n) is 11.7. The molecule has 6 atom stereocenters. The minimum absolute atomic E-state index is 0.0145. The van der Waals surface area contributed by atoms with Crippen molar-refractivity contribution in [1.82, 2.24) is 20.4 Å². The van der Waals surface area contributed by atoms with Gasteiger partial charge in [-0.2, -0.15) is 5.26 Å². The number of hydrogen-bond acceptors (Lipinski definition) is 10. The van der Waals surface area contributed by atoms with E-state index in [4.69, 9.17) is 9.47 Å². The number of methoxy groups -OCH3 is 2. The highest BCUT2D eigenvalue weighted by Crippen LogP contribution is 2.53. The molecule has 0 saturated carbocycles. The van der Waals surface area contributed by atoms with E-state index in [-0.39, 0.29) is 53.4 Å². The Labute approximate surface area is 250 Å². The van der Waals surface area contributed by atoms with Crippen LogP contribution in [0.4, 0.5) is 0 Å². The highest BCUT2D eigenvalue weighted by atomic mass is 16.5. The number of hydrogen-bond donors (Lipinski definition) is 3. The topological polar surface area (TPSA) is 161 Å². The molecule has 0 spiro atoms. The van der Waals surface area contributed by atoms with Crippen molar-refractivity contribution in [3.63, 3.8) is 0 Å². The first-order valence-corrected chi connectivity index (χ1v) is 14.3. The molecule has 1 saturated heterocycles. The third kappa shape index (κ3) is 4.58. The van der Waals surface area contributed by atoms with E-state index in [1.165, 1.54) is 21.1 Å². The molecule has 0 aromatic heterocycles. The van der Waals surface area contributed by atoms with Crippen LogP contribution in [0.1, 0.15) is 49.9 Å². The van der Waals surface area contributed by atoms with Crippen molar-refractivity contribution in [3.05, 3.63) is 45.2 Å². The van der Waals surface area contributed by atoms with Crippen molar-refractivity contribution in [1.29, 1.82) is 5.26 Å². The number of Topliss-reactive ketones (excluding diaryl/α,β-unsaturated/α-hetero) is 2. The summed E-state index contributed by atoms with van der Waals surface area (Å²) in [6.45, 7) is 6.17. The number of ether oxygens (including phenoxy) is 2. The Morgan fingerprint density at radius 2 is 1.86 bits per heavy atom. The zero-order valence-electron chi connectivity index (χ0n) is 25.4. The maximum Gasteiger partial charge on any atom is 0.242 e. The van der Waals surface area contributed by atoms with Gasteiger partial charge >= 0.3 is 0 Å². The molecule has 1 aromatic rings. The van der Waals surface area contributed by atoms with Gasteiger partial charge in [0.2, 0.25) is 17.6 Å². The molecular weight excluding hydrogens is 554 g/mol. The van der Waals surface area contributed by atoms with Crippen molar-refractivity contribution in [2.45, 2.75) is 76.8 Å². The molecule has 1 aromatic carbocycles. The molecule has 12 heteroatoms. The summed E-state index contributed by atoms with van der Waals surface area (Å²) in [4.78, 5) is 56.2. The third-order valence-electron chi connectivity index (χ3n) is 9.35. The van der Waals surface area contributed by atoms with Crippen LogP contribution < -0.4 is 15.4 Å². The van der Waals surface area contributed by atoms with Gasteiger partial charge < -0.3 is 25.2 Å². The first kappa shape index (κ1) is 30.3. The number of piperazine rings is 1. The Kier molecular flexibility index (Phi) is 7.83. The summed E-state index contributed by atoms with van der Waals surface area (Å²) >= 11 is 0. The molecule has 3 heterocycles. The fourth-order valence-corrected chi connectivity index (χ4v) is 7.53. The summed E-state index contributed by atoms with van der Waals surface area (Å²) in [5.41, 5.74) is 3.05. The summed E-state index contributed by atoms with van der Waals surface area (Å²) in [6, 6.07) is 0.763. The average Bonchev–Trinajstić information content (AvgIpc) is 2.95. The fraction of sp³-hybridized carbons (Fsp3) is 0.516. The lowest BCUT2D eigenvalue weighted by atomic mass is 9.69. The number of nitrogens with one attached hydrogen (secondary N) is 2. The SMILES string of the molecule is COC1=C(C)C(=O)C2=C(C1=O)[C@H](CNC(=O)[C@H](C)NC(C)=O)N1C(C2)[C@H]2c3c(cc(C)c(OC)c3O)C[C@@H](C1C#N)N2C. The van der Waals surface area contributed by atoms with Gasteiger partial charge in [0.05, 0.1) is 32.4 Å². The summed E-state index contributed by atoms with van der Waals surface area (Å²) < 4.78 is 10.9. The summed E-state index contributed by atoms with van der Waals surface area (Å²) in [5.74, 6) is -1.31. The number of carbonyl (C=O) groups excluding carboxylic acids is 4. The van der Waals surface area contributed by atoms with Gasteiger partial charge in [-0.05, 0) is 51.8 Å². The van der Waals surface area contributed by atoms with Crippen molar-refractivity contribution in [2.75, 3.05) is 27.8 Å². The van der Waals surface area contributed by atoms with Crippen LogP contribution in [0.15, 0.2) is 28.5 Å². The van der Waals surface area contributed by atoms with E-state index in [1.807, 2.05) is 24.9 Å². The standard InChI is InChI=1S/C31H37N5O7/c1-13-8-17-9-19-21(11-32)36-20(25(35(19)5)23(17)27(39)29(13)42-6)10-18-24(28(40)30(43-7)14(2)26(18)38)22(36)12-33-31(41)15(3)34-16(4)37/h8,15,19-22,25,39H,9-10,12H2,1-7H3,(H,33,41)(H,34,37)/t15-,19-,20?,21?,22-,25-/m0/s1. The Morgan fingerprint density at radius 1 is 1.16 bits per heavy atom. The smallest absolute Gasteiger partial charge is 0.242 e. The number of aromatic hydroxyl groups is 1. The van der Waals surface area contributed by atoms with Gasteiger partial charge in [-0.25, -0.2) is 0 Å². The van der Waals surface area contributed by atoms with Crippen molar-refractivity contribution in [3.8, 4) is 17.6 Å². The number of rotatable bonds is 6. The first-order chi connectivity index (χ1) is 20.4. The normalized spacial score (nSPS) is 27.4. The molecule has 2 unspecified atom stereocenters. The molecule has 2 amide bonds. The van der Waals surface area contributed by atoms with Gasteiger partial charge in [-0.3, -0.25) is 29.0 Å². The molecule has 12 nitrogen and oxygen atoms in total. The number of ketones is 2. The third-order valence-corrected chi connectivity index (χ3v) is 9.35. The van der Waals surface area contributed by atoms with Gasteiger partial charge in [0.15, 0.2) is 23.0 Å². The van der Waals surface area contributed by atoms with Crippen LogP contribution in [0.2, 0.25) is 0 Å². The number of nitrogens with zero attached hydrogens (tertiary/aromatic N) is 3. The molecule has 1 aliphatic carbocycles. The molecule has 0 radical (unpaired) electrons. The predicted octanol–water partition coefficient (Wildman–Crippen LogP) is 0.965. The number of likely N-dealkylation sites (N-methyl/N-ethyl adjacent to an activating group) is 1. The molecule has 3 N–H and O–H groups in total. The molecule has 3 aliphatic heterocycles. The molecule has 5 rings (SSSR count). The van der Waals surface area contributed by atoms with Gasteiger partial charge in [0, 0.05) is 47.8 Å². The summed E-state index contributed by atoms with van der Waals surface area (Å²) in [6.07, 6.45) is 0.609. The average molecular weight is 592 g/mol.